The Hall–Kier alpha value is -1.82. The van der Waals surface area contributed by atoms with E-state index in [-0.39, 0.29) is 17.8 Å². The lowest BCUT2D eigenvalue weighted by Crippen LogP contribution is -2.30. The first-order valence-corrected chi connectivity index (χ1v) is 5.95. The molecule has 6 nitrogen and oxygen atoms in total. The first-order chi connectivity index (χ1) is 8.61. The van der Waals surface area contributed by atoms with Gasteiger partial charge in [-0.2, -0.15) is 0 Å². The number of ether oxygens (including phenoxy) is 1. The van der Waals surface area contributed by atoms with E-state index in [4.69, 9.17) is 10.5 Å². The van der Waals surface area contributed by atoms with E-state index in [0.717, 1.165) is 24.9 Å². The number of hydrogen-bond donors (Lipinski definition) is 2. The van der Waals surface area contributed by atoms with Crippen LogP contribution in [0.3, 0.4) is 0 Å². The molecular weight excluding hydrogens is 234 g/mol. The van der Waals surface area contributed by atoms with Gasteiger partial charge < -0.3 is 15.8 Å². The molecule has 3 N–H and O–H groups in total. The Bertz CT molecular complexity index is 450. The van der Waals surface area contributed by atoms with Crippen LogP contribution >= 0.6 is 0 Å². The number of nitrogens with two attached hydrogens (primary N) is 1. The summed E-state index contributed by atoms with van der Waals surface area (Å²) in [6, 6.07) is 4.70. The quantitative estimate of drug-likeness (QED) is 0.486. The molecule has 0 spiro atoms. The van der Waals surface area contributed by atoms with Gasteiger partial charge in [-0.25, -0.2) is 0 Å². The summed E-state index contributed by atoms with van der Waals surface area (Å²) >= 11 is 0. The second-order valence-corrected chi connectivity index (χ2v) is 4.48. The summed E-state index contributed by atoms with van der Waals surface area (Å²) in [5.74, 6) is 0. The molecule has 98 valence electrons. The number of non-ortho nitro benzene ring substituents is 1. The monoisotopic (exact) mass is 251 g/mol. The Kier molecular flexibility index (Phi) is 3.66. The topological polar surface area (TPSA) is 90.4 Å². The van der Waals surface area contributed by atoms with Crippen LogP contribution in [-0.4, -0.2) is 24.2 Å². The maximum Gasteiger partial charge on any atom is 0.271 e. The number of nitro groups is 1. The predicted octanol–water partition coefficient (Wildman–Crippen LogP) is 2.16. The van der Waals surface area contributed by atoms with Gasteiger partial charge in [0.2, 0.25) is 0 Å². The first-order valence-electron chi connectivity index (χ1n) is 5.95. The summed E-state index contributed by atoms with van der Waals surface area (Å²) in [7, 11) is 1.70. The highest BCUT2D eigenvalue weighted by Gasteiger charge is 2.27. The molecule has 2 rings (SSSR count). The van der Waals surface area contributed by atoms with Crippen molar-refractivity contribution in [2.75, 3.05) is 18.2 Å². The maximum atomic E-state index is 10.6. The molecule has 0 saturated heterocycles. The van der Waals surface area contributed by atoms with Crippen molar-refractivity contribution < 1.29 is 9.66 Å². The first kappa shape index (κ1) is 12.6. The van der Waals surface area contributed by atoms with Crippen LogP contribution in [0.4, 0.5) is 17.1 Å². The van der Waals surface area contributed by atoms with Crippen molar-refractivity contribution in [3.05, 3.63) is 28.3 Å². The van der Waals surface area contributed by atoms with E-state index in [0.29, 0.717) is 5.69 Å². The number of nitrogen functional groups attached to an aromatic ring is 1. The van der Waals surface area contributed by atoms with Gasteiger partial charge in [-0.3, -0.25) is 10.1 Å². The normalized spacial score (nSPS) is 22.9. The molecule has 1 fully saturated rings. The largest absolute Gasteiger partial charge is 0.397 e. The number of nitro benzene ring substituents is 1. The molecule has 0 aliphatic heterocycles. The lowest BCUT2D eigenvalue weighted by molar-refractivity contribution is -0.384. The molecule has 18 heavy (non-hydrogen) atoms. The van der Waals surface area contributed by atoms with E-state index >= 15 is 0 Å². The molecule has 1 aromatic carbocycles. The van der Waals surface area contributed by atoms with Crippen LogP contribution in [0.1, 0.15) is 19.3 Å². The Morgan fingerprint density at radius 2 is 2.28 bits per heavy atom. The van der Waals surface area contributed by atoms with Crippen molar-refractivity contribution in [2.24, 2.45) is 0 Å². The van der Waals surface area contributed by atoms with E-state index < -0.39 is 4.92 Å². The second kappa shape index (κ2) is 5.22. The minimum absolute atomic E-state index is 0.00719. The molecule has 1 aromatic rings. The van der Waals surface area contributed by atoms with Crippen molar-refractivity contribution in [1.29, 1.82) is 0 Å². The number of nitrogens with one attached hydrogen (secondary N) is 1. The molecular formula is C12H17N3O3. The van der Waals surface area contributed by atoms with E-state index in [1.807, 2.05) is 0 Å². The van der Waals surface area contributed by atoms with E-state index in [2.05, 4.69) is 5.32 Å². The third-order valence-corrected chi connectivity index (χ3v) is 3.34. The highest BCUT2D eigenvalue weighted by atomic mass is 16.6. The lowest BCUT2D eigenvalue weighted by Gasteiger charge is -2.21. The van der Waals surface area contributed by atoms with Gasteiger partial charge in [-0.1, -0.05) is 0 Å². The fourth-order valence-corrected chi connectivity index (χ4v) is 2.37. The standard InChI is InChI=1S/C12H17N3O3/c1-18-12-4-2-3-11(12)14-10-6-5-8(15(16)17)7-9(10)13/h5-7,11-12,14H,2-4,13H2,1H3. The highest BCUT2D eigenvalue weighted by molar-refractivity contribution is 5.69. The van der Waals surface area contributed by atoms with Crippen molar-refractivity contribution in [3.63, 3.8) is 0 Å². The Morgan fingerprint density at radius 1 is 1.50 bits per heavy atom. The second-order valence-electron chi connectivity index (χ2n) is 4.48. The molecule has 2 unspecified atom stereocenters. The maximum absolute atomic E-state index is 10.6. The number of methoxy groups -OCH3 is 1. The summed E-state index contributed by atoms with van der Waals surface area (Å²) in [6.45, 7) is 0. The van der Waals surface area contributed by atoms with Gasteiger partial charge in [-0.05, 0) is 25.3 Å². The number of rotatable bonds is 4. The Labute approximate surface area is 105 Å². The number of benzene rings is 1. The number of anilines is 2. The van der Waals surface area contributed by atoms with Crippen molar-refractivity contribution >= 4 is 17.1 Å². The van der Waals surface area contributed by atoms with Crippen molar-refractivity contribution in [3.8, 4) is 0 Å². The number of hydrogen-bond acceptors (Lipinski definition) is 5. The lowest BCUT2D eigenvalue weighted by atomic mass is 10.1. The molecule has 6 heteroatoms. The minimum atomic E-state index is -0.451. The molecule has 0 radical (unpaired) electrons. The third-order valence-electron chi connectivity index (χ3n) is 3.34. The molecule has 1 aliphatic rings. The molecule has 2 atom stereocenters. The van der Waals surface area contributed by atoms with Gasteiger partial charge >= 0.3 is 0 Å². The molecule has 0 heterocycles. The summed E-state index contributed by atoms with van der Waals surface area (Å²) in [6.07, 6.45) is 3.35. The SMILES string of the molecule is COC1CCCC1Nc1ccc([N+](=O)[O-])cc1N. The van der Waals surface area contributed by atoms with Gasteiger partial charge in [-0.15, -0.1) is 0 Å². The summed E-state index contributed by atoms with van der Waals surface area (Å²) in [4.78, 5) is 10.2. The zero-order chi connectivity index (χ0) is 13.1. The van der Waals surface area contributed by atoms with Crippen LogP contribution in [0, 0.1) is 10.1 Å². The van der Waals surface area contributed by atoms with Gasteiger partial charge in [0.15, 0.2) is 0 Å². The fourth-order valence-electron chi connectivity index (χ4n) is 2.37. The summed E-state index contributed by atoms with van der Waals surface area (Å²) < 4.78 is 5.39. The molecule has 0 amide bonds. The van der Waals surface area contributed by atoms with Gasteiger partial charge in [0, 0.05) is 19.2 Å². The Morgan fingerprint density at radius 3 is 2.89 bits per heavy atom. The average molecular weight is 251 g/mol. The van der Waals surface area contributed by atoms with Crippen LogP contribution < -0.4 is 11.1 Å². The van der Waals surface area contributed by atoms with Crippen molar-refractivity contribution in [1.82, 2.24) is 0 Å². The van der Waals surface area contributed by atoms with Crippen LogP contribution in [0.15, 0.2) is 18.2 Å². The van der Waals surface area contributed by atoms with Crippen LogP contribution in [-0.2, 0) is 4.74 Å². The van der Waals surface area contributed by atoms with Gasteiger partial charge in [0.1, 0.15) is 0 Å². The van der Waals surface area contributed by atoms with E-state index in [1.54, 1.807) is 13.2 Å². The third kappa shape index (κ3) is 2.53. The molecule has 1 saturated carbocycles. The van der Waals surface area contributed by atoms with E-state index in [9.17, 15) is 10.1 Å². The summed E-state index contributed by atoms with van der Waals surface area (Å²) in [5, 5.41) is 13.9. The Balaban J connectivity index is 2.12. The minimum Gasteiger partial charge on any atom is -0.397 e. The zero-order valence-electron chi connectivity index (χ0n) is 10.3. The molecule has 0 bridgehead atoms. The van der Waals surface area contributed by atoms with Gasteiger partial charge in [0.25, 0.3) is 5.69 Å². The average Bonchev–Trinajstić information content (AvgIpc) is 2.78. The van der Waals surface area contributed by atoms with Crippen LogP contribution in [0.2, 0.25) is 0 Å². The predicted molar refractivity (Wildman–Crippen MR) is 69.6 cm³/mol. The summed E-state index contributed by atoms with van der Waals surface area (Å²) in [5.41, 5.74) is 6.95. The fraction of sp³-hybridized carbons (Fsp3) is 0.500. The highest BCUT2D eigenvalue weighted by Crippen LogP contribution is 2.29. The van der Waals surface area contributed by atoms with E-state index in [1.165, 1.54) is 12.1 Å². The smallest absolute Gasteiger partial charge is 0.271 e. The molecule has 1 aliphatic carbocycles. The number of nitrogens with zero attached hydrogens (tertiary/aromatic N) is 1. The van der Waals surface area contributed by atoms with Crippen LogP contribution in [0.25, 0.3) is 0 Å². The van der Waals surface area contributed by atoms with Crippen molar-refractivity contribution in [2.45, 2.75) is 31.4 Å². The molecule has 0 aromatic heterocycles. The van der Waals surface area contributed by atoms with Crippen LogP contribution in [0.5, 0.6) is 0 Å². The zero-order valence-corrected chi connectivity index (χ0v) is 10.3. The van der Waals surface area contributed by atoms with Gasteiger partial charge in [0.05, 0.1) is 28.4 Å².